The number of benzene rings is 1. The molecular weight excluding hydrogens is 399 g/mol. The van der Waals surface area contributed by atoms with E-state index >= 15 is 0 Å². The third kappa shape index (κ3) is 4.77. The van der Waals surface area contributed by atoms with Crippen molar-refractivity contribution < 1.29 is 0 Å². The fourth-order valence-electron chi connectivity index (χ4n) is 3.88. The number of hydrogen-bond donors (Lipinski definition) is 0. The average Bonchev–Trinajstić information content (AvgIpc) is 2.93. The number of nitrogens with zero attached hydrogens (tertiary/aromatic N) is 2. The van der Waals surface area contributed by atoms with Crippen molar-refractivity contribution in [2.45, 2.75) is 80.0 Å². The molecule has 1 aromatic carbocycles. The third-order valence-electron chi connectivity index (χ3n) is 5.29. The van der Waals surface area contributed by atoms with Gasteiger partial charge in [-0.3, -0.25) is 0 Å². The molecule has 2 aromatic rings. The molecule has 2 nitrogen and oxygen atoms in total. The zero-order valence-electron chi connectivity index (χ0n) is 15.6. The van der Waals surface area contributed by atoms with Gasteiger partial charge in [0, 0.05) is 0 Å². The molecule has 0 fully saturated rings. The zero-order valence-corrected chi connectivity index (χ0v) is 18.4. The Balaban J connectivity index is 0.00000288. The topological polar surface area (TPSA) is 17.8 Å². The summed E-state index contributed by atoms with van der Waals surface area (Å²) in [5.41, 5.74) is 1.33. The predicted molar refractivity (Wildman–Crippen MR) is 112 cm³/mol. The second-order valence-corrected chi connectivity index (χ2v) is 20.0. The number of aryl methyl sites for hydroxylation is 1. The summed E-state index contributed by atoms with van der Waals surface area (Å²) in [6, 6.07) is 8.91. The van der Waals surface area contributed by atoms with Crippen molar-refractivity contribution in [3.05, 3.63) is 24.3 Å². The van der Waals surface area contributed by atoms with Crippen LogP contribution in [-0.4, -0.2) is 28.2 Å². The molecule has 3 heteroatoms. The van der Waals surface area contributed by atoms with Crippen molar-refractivity contribution in [3.8, 4) is 0 Å². The van der Waals surface area contributed by atoms with E-state index in [0.717, 1.165) is 0 Å². The summed E-state index contributed by atoms with van der Waals surface area (Å²) < 4.78 is 8.19. The van der Waals surface area contributed by atoms with Gasteiger partial charge in [-0.2, -0.15) is 0 Å². The van der Waals surface area contributed by atoms with Crippen molar-refractivity contribution in [3.63, 3.8) is 0 Å². The van der Waals surface area contributed by atoms with Crippen LogP contribution >= 0.6 is 0 Å². The summed E-state index contributed by atoms with van der Waals surface area (Å²) in [7, 11) is 2.13. The van der Waals surface area contributed by atoms with E-state index in [1.807, 2.05) is 0 Å². The van der Waals surface area contributed by atoms with E-state index < -0.39 is 18.4 Å². The molecule has 0 saturated heterocycles. The summed E-state index contributed by atoms with van der Waals surface area (Å²) in [5.74, 6) is 0. The fourth-order valence-corrected chi connectivity index (χ4v) is 20.1. The van der Waals surface area contributed by atoms with Gasteiger partial charge in [-0.05, 0) is 0 Å². The van der Waals surface area contributed by atoms with E-state index in [9.17, 15) is 0 Å². The van der Waals surface area contributed by atoms with Gasteiger partial charge in [0.15, 0.2) is 0 Å². The van der Waals surface area contributed by atoms with E-state index in [0.29, 0.717) is 0 Å². The van der Waals surface area contributed by atoms with E-state index in [1.165, 1.54) is 62.7 Å². The summed E-state index contributed by atoms with van der Waals surface area (Å²) in [5, 5.41) is 6.60. The first kappa shape index (κ1) is 21.5. The number of fused-ring (bicyclic) bond motifs is 1. The molecule has 0 amide bonds. The van der Waals surface area contributed by atoms with Crippen LogP contribution in [-0.2, 0) is 7.05 Å². The van der Waals surface area contributed by atoms with E-state index in [4.69, 9.17) is 5.10 Å². The summed E-state index contributed by atoms with van der Waals surface area (Å²) in [4.78, 5) is 0. The molecule has 24 heavy (non-hydrogen) atoms. The standard InChI is InChI=1S/C8H7N2.3C4H9.CH4.Sn/c1-10-8-5-3-2-4-7(8)6-9-10;3*1-3-4-2;;/h2-5H,1H3;3*1,3-4H2,2H3;1H4;. The summed E-state index contributed by atoms with van der Waals surface area (Å²) >= 11 is -2.42. The van der Waals surface area contributed by atoms with Gasteiger partial charge in [0.1, 0.15) is 0 Å². The van der Waals surface area contributed by atoms with Gasteiger partial charge >= 0.3 is 147 Å². The Morgan fingerprint density at radius 2 is 1.38 bits per heavy atom. The molecule has 0 aliphatic rings. The Morgan fingerprint density at radius 1 is 0.875 bits per heavy atom. The Labute approximate surface area is 153 Å². The first-order chi connectivity index (χ1) is 11.2. The van der Waals surface area contributed by atoms with Gasteiger partial charge in [-0.15, -0.1) is 0 Å². The molecule has 0 radical (unpaired) electrons. The molecular formula is C21H38N2Sn. The molecule has 136 valence electrons. The van der Waals surface area contributed by atoms with Crippen LogP contribution < -0.4 is 3.71 Å². The predicted octanol–water partition coefficient (Wildman–Crippen LogP) is 6.27. The van der Waals surface area contributed by atoms with Crippen molar-refractivity contribution in [2.75, 3.05) is 0 Å². The fraction of sp³-hybridized carbons (Fsp3) is 0.667. The van der Waals surface area contributed by atoms with E-state index in [-0.39, 0.29) is 7.43 Å². The second-order valence-electron chi connectivity index (χ2n) is 7.08. The molecule has 0 N–H and O–H groups in total. The first-order valence-electron chi connectivity index (χ1n) is 9.60. The van der Waals surface area contributed by atoms with Crippen molar-refractivity contribution >= 4 is 33.0 Å². The number of hydrogen-bond acceptors (Lipinski definition) is 1. The molecule has 0 saturated carbocycles. The monoisotopic (exact) mass is 438 g/mol. The van der Waals surface area contributed by atoms with Crippen LogP contribution in [0.5, 0.6) is 0 Å². The van der Waals surface area contributed by atoms with Crippen LogP contribution in [0.1, 0.15) is 66.7 Å². The van der Waals surface area contributed by atoms with Crippen molar-refractivity contribution in [1.29, 1.82) is 0 Å². The Hall–Kier alpha value is -0.511. The van der Waals surface area contributed by atoms with Crippen LogP contribution in [0.25, 0.3) is 10.9 Å². The van der Waals surface area contributed by atoms with Crippen molar-refractivity contribution in [2.24, 2.45) is 7.05 Å². The van der Waals surface area contributed by atoms with Gasteiger partial charge < -0.3 is 0 Å². The van der Waals surface area contributed by atoms with Crippen LogP contribution in [0.3, 0.4) is 0 Å². The number of para-hydroxylation sites is 1. The maximum absolute atomic E-state index is 5.13. The van der Waals surface area contributed by atoms with Crippen LogP contribution in [0.2, 0.25) is 13.3 Å². The first-order valence-corrected chi connectivity index (χ1v) is 17.1. The second kappa shape index (κ2) is 10.5. The van der Waals surface area contributed by atoms with E-state index in [2.05, 4.69) is 56.8 Å². The van der Waals surface area contributed by atoms with Crippen molar-refractivity contribution in [1.82, 2.24) is 9.78 Å². The third-order valence-corrected chi connectivity index (χ3v) is 20.4. The summed E-state index contributed by atoms with van der Waals surface area (Å²) in [6.45, 7) is 7.02. The molecule has 2 rings (SSSR count). The Kier molecular flexibility index (Phi) is 9.40. The van der Waals surface area contributed by atoms with Gasteiger partial charge in [0.05, 0.1) is 0 Å². The molecule has 0 spiro atoms. The van der Waals surface area contributed by atoms with Gasteiger partial charge in [-0.1, -0.05) is 7.43 Å². The normalized spacial score (nSPS) is 11.7. The summed E-state index contributed by atoms with van der Waals surface area (Å²) in [6.07, 6.45) is 8.16. The van der Waals surface area contributed by atoms with Gasteiger partial charge in [0.2, 0.25) is 0 Å². The van der Waals surface area contributed by atoms with Crippen LogP contribution in [0.4, 0.5) is 0 Å². The molecule has 0 atom stereocenters. The van der Waals surface area contributed by atoms with E-state index in [1.54, 1.807) is 3.71 Å². The Bertz CT molecular complexity index is 581. The number of rotatable bonds is 10. The molecule has 1 heterocycles. The van der Waals surface area contributed by atoms with Gasteiger partial charge in [-0.25, -0.2) is 0 Å². The molecule has 0 bridgehead atoms. The Morgan fingerprint density at radius 3 is 1.88 bits per heavy atom. The molecule has 0 aliphatic carbocycles. The average molecular weight is 437 g/mol. The zero-order chi connectivity index (χ0) is 16.7. The minimum atomic E-state index is -2.42. The minimum absolute atomic E-state index is 0. The maximum atomic E-state index is 5.13. The molecule has 0 unspecified atom stereocenters. The number of aromatic nitrogens is 2. The number of unbranched alkanes of at least 4 members (excludes halogenated alkanes) is 3. The molecule has 1 aromatic heterocycles. The molecule has 0 aliphatic heterocycles. The van der Waals surface area contributed by atoms with Crippen LogP contribution in [0, 0.1) is 0 Å². The van der Waals surface area contributed by atoms with Crippen LogP contribution in [0.15, 0.2) is 24.3 Å². The quantitative estimate of drug-likeness (QED) is 0.401. The SMILES string of the molecule is C.CCC[CH2][Sn]([CH2]CCC)([CH2]CCC)[c]1nn(C)c2ccccc12. The van der Waals surface area contributed by atoms with Gasteiger partial charge in [0.25, 0.3) is 0 Å².